The standard InChI is InChI=1S/C10H21NO2/c1-4-6-7-13-10(12)9(11)8(3)5-2/h8-9H,4-7,11H2,1-3H3/t8-,9-/m0/s1. The summed E-state index contributed by atoms with van der Waals surface area (Å²) in [5.74, 6) is -0.0584. The van der Waals surface area contributed by atoms with Gasteiger partial charge in [-0.1, -0.05) is 33.6 Å². The molecule has 0 aromatic heterocycles. The number of unbranched alkanes of at least 4 members (excludes halogenated alkanes) is 1. The maximum Gasteiger partial charge on any atom is 0.323 e. The third kappa shape index (κ3) is 4.88. The first-order valence-corrected chi connectivity index (χ1v) is 5.05. The Balaban J connectivity index is 3.69. The number of rotatable bonds is 6. The smallest absolute Gasteiger partial charge is 0.323 e. The van der Waals surface area contributed by atoms with Crippen LogP contribution < -0.4 is 5.73 Å². The van der Waals surface area contributed by atoms with Crippen LogP contribution in [0.3, 0.4) is 0 Å². The average Bonchev–Trinajstić information content (AvgIpc) is 2.15. The van der Waals surface area contributed by atoms with E-state index in [1.807, 2.05) is 13.8 Å². The van der Waals surface area contributed by atoms with Gasteiger partial charge in [0, 0.05) is 0 Å². The minimum absolute atomic E-state index is 0.203. The van der Waals surface area contributed by atoms with Crippen molar-refractivity contribution in [2.45, 2.75) is 46.1 Å². The Kier molecular flexibility index (Phi) is 6.59. The molecule has 13 heavy (non-hydrogen) atoms. The number of hydrogen-bond acceptors (Lipinski definition) is 3. The third-order valence-corrected chi connectivity index (χ3v) is 2.27. The number of ether oxygens (including phenoxy) is 1. The van der Waals surface area contributed by atoms with Gasteiger partial charge in [-0.25, -0.2) is 0 Å². The van der Waals surface area contributed by atoms with Crippen molar-refractivity contribution in [2.24, 2.45) is 11.7 Å². The quantitative estimate of drug-likeness (QED) is 0.508. The van der Waals surface area contributed by atoms with E-state index in [2.05, 4.69) is 6.92 Å². The van der Waals surface area contributed by atoms with E-state index in [-0.39, 0.29) is 11.9 Å². The van der Waals surface area contributed by atoms with Gasteiger partial charge < -0.3 is 10.5 Å². The molecule has 2 atom stereocenters. The summed E-state index contributed by atoms with van der Waals surface area (Å²) >= 11 is 0. The van der Waals surface area contributed by atoms with Gasteiger partial charge in [0.2, 0.25) is 0 Å². The van der Waals surface area contributed by atoms with E-state index in [1.165, 1.54) is 0 Å². The molecule has 0 aliphatic rings. The van der Waals surface area contributed by atoms with E-state index in [1.54, 1.807) is 0 Å². The molecule has 2 N–H and O–H groups in total. The van der Waals surface area contributed by atoms with Gasteiger partial charge in [-0.15, -0.1) is 0 Å². The van der Waals surface area contributed by atoms with Crippen LogP contribution in [0.15, 0.2) is 0 Å². The van der Waals surface area contributed by atoms with Crippen LogP contribution in [-0.2, 0) is 9.53 Å². The lowest BCUT2D eigenvalue weighted by Crippen LogP contribution is -2.38. The maximum absolute atomic E-state index is 11.3. The number of esters is 1. The second-order valence-corrected chi connectivity index (χ2v) is 3.43. The summed E-state index contributed by atoms with van der Waals surface area (Å²) in [4.78, 5) is 11.3. The lowest BCUT2D eigenvalue weighted by molar-refractivity contribution is -0.146. The van der Waals surface area contributed by atoms with E-state index < -0.39 is 6.04 Å². The Bertz CT molecular complexity index is 148. The second-order valence-electron chi connectivity index (χ2n) is 3.43. The van der Waals surface area contributed by atoms with Gasteiger partial charge in [0.15, 0.2) is 0 Å². The third-order valence-electron chi connectivity index (χ3n) is 2.27. The lowest BCUT2D eigenvalue weighted by Gasteiger charge is -2.16. The zero-order valence-electron chi connectivity index (χ0n) is 8.88. The molecule has 0 aliphatic carbocycles. The highest BCUT2D eigenvalue weighted by Gasteiger charge is 2.20. The normalized spacial score (nSPS) is 15.1. The molecule has 0 radical (unpaired) electrons. The molecule has 0 saturated carbocycles. The minimum atomic E-state index is -0.457. The number of carbonyl (C=O) groups excluding carboxylic acids is 1. The van der Waals surface area contributed by atoms with E-state index in [4.69, 9.17) is 10.5 Å². The number of nitrogens with two attached hydrogens (primary N) is 1. The summed E-state index contributed by atoms with van der Waals surface area (Å²) in [6.45, 7) is 6.54. The molecule has 3 heteroatoms. The Labute approximate surface area is 80.6 Å². The Hall–Kier alpha value is -0.570. The summed E-state index contributed by atoms with van der Waals surface area (Å²) in [5, 5.41) is 0. The molecule has 3 nitrogen and oxygen atoms in total. The summed E-state index contributed by atoms with van der Waals surface area (Å²) < 4.78 is 5.00. The highest BCUT2D eigenvalue weighted by molar-refractivity contribution is 5.75. The van der Waals surface area contributed by atoms with E-state index >= 15 is 0 Å². The van der Waals surface area contributed by atoms with Crippen molar-refractivity contribution in [3.63, 3.8) is 0 Å². The molecular formula is C10H21NO2. The van der Waals surface area contributed by atoms with Crippen molar-refractivity contribution in [1.29, 1.82) is 0 Å². The Morgan fingerprint density at radius 3 is 2.54 bits per heavy atom. The van der Waals surface area contributed by atoms with Crippen molar-refractivity contribution in [3.05, 3.63) is 0 Å². The zero-order chi connectivity index (χ0) is 10.3. The zero-order valence-corrected chi connectivity index (χ0v) is 8.88. The molecule has 0 aliphatic heterocycles. The van der Waals surface area contributed by atoms with E-state index in [9.17, 15) is 4.79 Å². The Morgan fingerprint density at radius 1 is 1.46 bits per heavy atom. The van der Waals surface area contributed by atoms with Crippen molar-refractivity contribution >= 4 is 5.97 Å². The van der Waals surface area contributed by atoms with E-state index in [0.29, 0.717) is 6.61 Å². The maximum atomic E-state index is 11.3. The van der Waals surface area contributed by atoms with Gasteiger partial charge in [0.25, 0.3) is 0 Å². The summed E-state index contributed by atoms with van der Waals surface area (Å²) in [6.07, 6.45) is 2.86. The predicted octanol–water partition coefficient (Wildman–Crippen LogP) is 1.70. The first-order valence-electron chi connectivity index (χ1n) is 5.05. The van der Waals surface area contributed by atoms with Crippen LogP contribution >= 0.6 is 0 Å². The van der Waals surface area contributed by atoms with Crippen LogP contribution in [0.5, 0.6) is 0 Å². The molecule has 0 rings (SSSR count). The summed E-state index contributed by atoms with van der Waals surface area (Å²) in [7, 11) is 0. The lowest BCUT2D eigenvalue weighted by atomic mass is 10.0. The van der Waals surface area contributed by atoms with Crippen LogP contribution in [0.1, 0.15) is 40.0 Å². The first kappa shape index (κ1) is 12.4. The fourth-order valence-corrected chi connectivity index (χ4v) is 0.900. The SMILES string of the molecule is CCCCOC(=O)[C@@H](N)[C@@H](C)CC. The van der Waals surface area contributed by atoms with Crippen LogP contribution in [0, 0.1) is 5.92 Å². The number of hydrogen-bond donors (Lipinski definition) is 1. The van der Waals surface area contributed by atoms with E-state index in [0.717, 1.165) is 19.3 Å². The topological polar surface area (TPSA) is 52.3 Å². The molecule has 0 heterocycles. The van der Waals surface area contributed by atoms with Crippen molar-refractivity contribution < 1.29 is 9.53 Å². The highest BCUT2D eigenvalue weighted by atomic mass is 16.5. The van der Waals surface area contributed by atoms with Gasteiger partial charge in [0.1, 0.15) is 6.04 Å². The monoisotopic (exact) mass is 187 g/mol. The molecule has 0 aromatic rings. The van der Waals surface area contributed by atoms with Gasteiger partial charge in [-0.05, 0) is 12.3 Å². The van der Waals surface area contributed by atoms with Crippen molar-refractivity contribution in [3.8, 4) is 0 Å². The fourth-order valence-electron chi connectivity index (χ4n) is 0.900. The van der Waals surface area contributed by atoms with Gasteiger partial charge >= 0.3 is 5.97 Å². The summed E-state index contributed by atoms with van der Waals surface area (Å²) in [5.41, 5.74) is 5.68. The van der Waals surface area contributed by atoms with Crippen LogP contribution in [0.4, 0.5) is 0 Å². The molecule has 0 unspecified atom stereocenters. The largest absolute Gasteiger partial charge is 0.465 e. The molecule has 0 fully saturated rings. The average molecular weight is 187 g/mol. The summed E-state index contributed by atoms with van der Waals surface area (Å²) in [6, 6.07) is -0.457. The second kappa shape index (κ2) is 6.89. The van der Waals surface area contributed by atoms with Crippen molar-refractivity contribution in [2.75, 3.05) is 6.61 Å². The molecule has 78 valence electrons. The van der Waals surface area contributed by atoms with Gasteiger partial charge in [-0.2, -0.15) is 0 Å². The van der Waals surface area contributed by atoms with Crippen LogP contribution in [-0.4, -0.2) is 18.6 Å². The molecule has 0 bridgehead atoms. The Morgan fingerprint density at radius 2 is 2.08 bits per heavy atom. The minimum Gasteiger partial charge on any atom is -0.465 e. The molecule has 0 spiro atoms. The molecule has 0 saturated heterocycles. The van der Waals surface area contributed by atoms with Crippen molar-refractivity contribution in [1.82, 2.24) is 0 Å². The van der Waals surface area contributed by atoms with Crippen LogP contribution in [0.25, 0.3) is 0 Å². The fraction of sp³-hybridized carbons (Fsp3) is 0.900. The van der Waals surface area contributed by atoms with Gasteiger partial charge in [-0.3, -0.25) is 4.79 Å². The molecule has 0 amide bonds. The number of carbonyl (C=O) groups is 1. The predicted molar refractivity (Wildman–Crippen MR) is 53.3 cm³/mol. The highest BCUT2D eigenvalue weighted by Crippen LogP contribution is 2.06. The molecular weight excluding hydrogens is 166 g/mol. The first-order chi connectivity index (χ1) is 6.13. The van der Waals surface area contributed by atoms with Crippen LogP contribution in [0.2, 0.25) is 0 Å². The molecule has 0 aromatic carbocycles. The van der Waals surface area contributed by atoms with Gasteiger partial charge in [0.05, 0.1) is 6.61 Å².